The van der Waals surface area contributed by atoms with E-state index in [-0.39, 0.29) is 47.6 Å². The van der Waals surface area contributed by atoms with Gasteiger partial charge in [0.1, 0.15) is 11.5 Å². The Hall–Kier alpha value is -5.44. The molecule has 0 unspecified atom stereocenters. The summed E-state index contributed by atoms with van der Waals surface area (Å²) < 4.78 is 17.4. The maximum Gasteiger partial charge on any atom is 0.328 e. The molecule has 0 spiro atoms. The Labute approximate surface area is 318 Å². The van der Waals surface area contributed by atoms with Gasteiger partial charge in [-0.3, -0.25) is 34.1 Å². The number of anilines is 5. The number of aryl methyl sites for hydroxylation is 1. The van der Waals surface area contributed by atoms with Crippen LogP contribution in [0.15, 0.2) is 41.5 Å². The van der Waals surface area contributed by atoms with Crippen LogP contribution in [0.3, 0.4) is 0 Å². The van der Waals surface area contributed by atoms with Gasteiger partial charge in [0.25, 0.3) is 5.56 Å². The number of benzene rings is 1. The number of amides is 3. The van der Waals surface area contributed by atoms with Crippen molar-refractivity contribution in [3.63, 3.8) is 0 Å². The predicted octanol–water partition coefficient (Wildman–Crippen LogP) is 5.24. The minimum atomic E-state index is -0.515. The molecule has 55 heavy (non-hydrogen) atoms. The third-order valence-corrected chi connectivity index (χ3v) is 11.9. The normalized spacial score (nSPS) is 19.0. The summed E-state index contributed by atoms with van der Waals surface area (Å²) in [5, 5.41) is 6.23. The first kappa shape index (κ1) is 36.5. The fourth-order valence-electron chi connectivity index (χ4n) is 8.88. The van der Waals surface area contributed by atoms with Crippen molar-refractivity contribution in [1.29, 1.82) is 0 Å². The summed E-state index contributed by atoms with van der Waals surface area (Å²) in [6.45, 7) is 10.1. The Balaban J connectivity index is 0.870. The summed E-state index contributed by atoms with van der Waals surface area (Å²) in [6, 6.07) is 7.44. The number of ketones is 1. The SMILES string of the molecule is CC(=O)c1c(C)c2cnc(Nc3ccc(N4CCC(N5CCN(c6ccc(N7CCC(=O)NC7=O)c(C)c6F)CC5)CC4)cn3)nc2n(C2CCCC2)c1=O. The number of pyridine rings is 2. The molecular formula is C40H47FN10O4. The third-order valence-electron chi connectivity index (χ3n) is 11.9. The minimum Gasteiger partial charge on any atom is -0.370 e. The van der Waals surface area contributed by atoms with Gasteiger partial charge in [0.15, 0.2) is 11.6 Å². The summed E-state index contributed by atoms with van der Waals surface area (Å²) in [7, 11) is 0. The third kappa shape index (κ3) is 7.01. The van der Waals surface area contributed by atoms with E-state index in [1.165, 1.54) is 11.8 Å². The van der Waals surface area contributed by atoms with Crippen LogP contribution in [0, 0.1) is 19.7 Å². The number of rotatable bonds is 8. The Kier molecular flexibility index (Phi) is 9.97. The molecular weight excluding hydrogens is 704 g/mol. The van der Waals surface area contributed by atoms with E-state index < -0.39 is 6.03 Å². The maximum absolute atomic E-state index is 15.7. The summed E-state index contributed by atoms with van der Waals surface area (Å²) in [4.78, 5) is 72.3. The van der Waals surface area contributed by atoms with Crippen molar-refractivity contribution in [3.8, 4) is 0 Å². The molecule has 15 heteroatoms. The number of hydrogen-bond acceptors (Lipinski definition) is 11. The van der Waals surface area contributed by atoms with Gasteiger partial charge in [-0.2, -0.15) is 4.98 Å². The van der Waals surface area contributed by atoms with Gasteiger partial charge in [-0.1, -0.05) is 12.8 Å². The van der Waals surface area contributed by atoms with Crippen molar-refractivity contribution >= 4 is 57.6 Å². The molecule has 4 aliphatic rings. The van der Waals surface area contributed by atoms with Crippen molar-refractivity contribution in [3.05, 3.63) is 69.5 Å². The van der Waals surface area contributed by atoms with E-state index in [1.807, 2.05) is 18.3 Å². The zero-order chi connectivity index (χ0) is 38.4. The predicted molar refractivity (Wildman–Crippen MR) is 209 cm³/mol. The van der Waals surface area contributed by atoms with Crippen molar-refractivity contribution in [2.75, 3.05) is 65.8 Å². The molecule has 4 fully saturated rings. The van der Waals surface area contributed by atoms with Crippen molar-refractivity contribution in [2.24, 2.45) is 0 Å². The number of Topliss-reactive ketones (excluding diaryl/α,β-unsaturated/α-hetero) is 1. The van der Waals surface area contributed by atoms with Crippen molar-refractivity contribution in [2.45, 2.75) is 77.8 Å². The minimum absolute atomic E-state index is 0.00761. The Bertz CT molecular complexity index is 2200. The van der Waals surface area contributed by atoms with Crippen LogP contribution < -0.4 is 30.9 Å². The quantitative estimate of drug-likeness (QED) is 0.228. The summed E-state index contributed by atoms with van der Waals surface area (Å²) >= 11 is 0. The first-order valence-corrected chi connectivity index (χ1v) is 19.4. The lowest BCUT2D eigenvalue weighted by atomic mass is 10.0. The van der Waals surface area contributed by atoms with Gasteiger partial charge in [0, 0.05) is 81.5 Å². The largest absolute Gasteiger partial charge is 0.370 e. The highest BCUT2D eigenvalue weighted by atomic mass is 19.1. The van der Waals surface area contributed by atoms with Gasteiger partial charge < -0.3 is 15.1 Å². The van der Waals surface area contributed by atoms with Crippen molar-refractivity contribution in [1.82, 2.24) is 29.7 Å². The molecule has 4 aromatic rings. The monoisotopic (exact) mass is 750 g/mol. The van der Waals surface area contributed by atoms with Crippen LogP contribution >= 0.6 is 0 Å². The molecule has 1 aliphatic carbocycles. The van der Waals surface area contributed by atoms with Crippen LogP contribution in [0.2, 0.25) is 0 Å². The highest BCUT2D eigenvalue weighted by molar-refractivity contribution is 6.06. The van der Waals surface area contributed by atoms with Crippen LogP contribution in [-0.4, -0.2) is 94.0 Å². The Morgan fingerprint density at radius 2 is 1.55 bits per heavy atom. The number of nitrogens with zero attached hydrogens (tertiary/aromatic N) is 8. The van der Waals surface area contributed by atoms with E-state index in [9.17, 15) is 19.2 Å². The molecule has 3 amide bonds. The number of imide groups is 1. The van der Waals surface area contributed by atoms with Gasteiger partial charge in [-0.15, -0.1) is 0 Å². The van der Waals surface area contributed by atoms with E-state index >= 15 is 4.39 Å². The number of hydrogen-bond donors (Lipinski definition) is 2. The van der Waals surface area contributed by atoms with Crippen LogP contribution in [0.4, 0.5) is 38.0 Å². The number of piperidine rings is 1. The standard InChI is InChI=1S/C40H47FN10O4/c1-24-30-23-43-39(46-37(30)51(28-6-4-5-7-28)38(54)35(24)26(3)52)44-33-11-8-29(22-42-33)47-15-12-27(13-16-47)48-18-20-49(21-19-48)32-10-9-31(25(2)36(32)41)50-17-14-34(53)45-40(50)55/h8-11,22-23,27-28H,4-7,12-21H2,1-3H3,(H,45,53,55)(H,42,43,44,46). The lowest BCUT2D eigenvalue weighted by Crippen LogP contribution is -2.53. The molecule has 0 bridgehead atoms. The zero-order valence-corrected chi connectivity index (χ0v) is 31.6. The summed E-state index contributed by atoms with van der Waals surface area (Å²) in [6.07, 6.45) is 9.61. The highest BCUT2D eigenvalue weighted by Crippen LogP contribution is 2.34. The first-order chi connectivity index (χ1) is 26.6. The first-order valence-electron chi connectivity index (χ1n) is 19.4. The molecule has 0 radical (unpaired) electrons. The van der Waals surface area contributed by atoms with Gasteiger partial charge in [0.05, 0.1) is 28.8 Å². The van der Waals surface area contributed by atoms with Gasteiger partial charge in [0.2, 0.25) is 11.9 Å². The molecule has 0 atom stereocenters. The van der Waals surface area contributed by atoms with Crippen molar-refractivity contribution < 1.29 is 18.8 Å². The molecule has 1 aromatic carbocycles. The number of aromatic nitrogens is 4. The number of urea groups is 1. The topological polar surface area (TPSA) is 149 Å². The average molecular weight is 751 g/mol. The summed E-state index contributed by atoms with van der Waals surface area (Å²) in [5.74, 6) is 0.0520. The lowest BCUT2D eigenvalue weighted by Gasteiger charge is -2.44. The van der Waals surface area contributed by atoms with Crippen LogP contribution in [0.1, 0.15) is 79.4 Å². The lowest BCUT2D eigenvalue weighted by molar-refractivity contribution is -0.120. The molecule has 3 aliphatic heterocycles. The van der Waals surface area contributed by atoms with E-state index in [4.69, 9.17) is 4.98 Å². The van der Waals surface area contributed by atoms with Crippen LogP contribution in [0.5, 0.6) is 0 Å². The fourth-order valence-corrected chi connectivity index (χ4v) is 8.88. The van der Waals surface area contributed by atoms with Gasteiger partial charge in [-0.05, 0) is 76.3 Å². The van der Waals surface area contributed by atoms with E-state index in [2.05, 4.69) is 35.3 Å². The average Bonchev–Trinajstić information content (AvgIpc) is 3.71. The number of fused-ring (bicyclic) bond motifs is 1. The van der Waals surface area contributed by atoms with E-state index in [0.29, 0.717) is 64.4 Å². The Morgan fingerprint density at radius 1 is 0.818 bits per heavy atom. The molecule has 2 N–H and O–H groups in total. The fraction of sp³-hybridized carbons (Fsp3) is 0.475. The zero-order valence-electron chi connectivity index (χ0n) is 31.6. The van der Waals surface area contributed by atoms with Crippen LogP contribution in [-0.2, 0) is 4.79 Å². The highest BCUT2D eigenvalue weighted by Gasteiger charge is 2.31. The summed E-state index contributed by atoms with van der Waals surface area (Å²) in [5.41, 5.74) is 3.57. The molecule has 8 rings (SSSR count). The maximum atomic E-state index is 15.7. The number of piperazine rings is 1. The molecule has 1 saturated carbocycles. The van der Waals surface area contributed by atoms with E-state index in [1.54, 1.807) is 36.7 Å². The second kappa shape index (κ2) is 15.0. The molecule has 6 heterocycles. The molecule has 288 valence electrons. The Morgan fingerprint density at radius 3 is 2.22 bits per heavy atom. The van der Waals surface area contributed by atoms with E-state index in [0.717, 1.165) is 70.4 Å². The second-order valence-electron chi connectivity index (χ2n) is 15.2. The molecule has 3 aromatic heterocycles. The molecule has 14 nitrogen and oxygen atoms in total. The van der Waals surface area contributed by atoms with Crippen LogP contribution in [0.25, 0.3) is 11.0 Å². The van der Waals surface area contributed by atoms with Gasteiger partial charge in [-0.25, -0.2) is 19.2 Å². The smallest absolute Gasteiger partial charge is 0.328 e. The number of nitrogens with one attached hydrogen (secondary N) is 2. The second-order valence-corrected chi connectivity index (χ2v) is 15.2. The molecule has 3 saturated heterocycles. The number of carbonyl (C=O) groups excluding carboxylic acids is 3. The van der Waals surface area contributed by atoms with Gasteiger partial charge >= 0.3 is 6.03 Å². The number of halogens is 1. The number of carbonyl (C=O) groups is 3.